The van der Waals surface area contributed by atoms with Crippen LogP contribution in [0, 0.1) is 6.92 Å². The predicted molar refractivity (Wildman–Crippen MR) is 87.2 cm³/mol. The van der Waals surface area contributed by atoms with Crippen molar-refractivity contribution < 1.29 is 19.4 Å². The molecular formula is C17H23N3O4. The van der Waals surface area contributed by atoms with E-state index < -0.39 is 5.97 Å². The van der Waals surface area contributed by atoms with E-state index in [1.165, 1.54) is 12.1 Å². The molecule has 3 rings (SSSR count). The van der Waals surface area contributed by atoms with Gasteiger partial charge in [-0.15, -0.1) is 0 Å². The van der Waals surface area contributed by atoms with Crippen molar-refractivity contribution in [2.24, 2.45) is 0 Å². The summed E-state index contributed by atoms with van der Waals surface area (Å²) >= 11 is 0. The molecule has 1 aromatic rings. The number of hydrogen-bond donors (Lipinski definition) is 1. The lowest BCUT2D eigenvalue weighted by atomic mass is 10.0. The maximum Gasteiger partial charge on any atom is 0.337 e. The zero-order valence-electron chi connectivity index (χ0n) is 14.1. The zero-order valence-corrected chi connectivity index (χ0v) is 14.1. The number of morpholine rings is 1. The molecule has 0 aliphatic carbocycles. The van der Waals surface area contributed by atoms with E-state index in [4.69, 9.17) is 9.84 Å². The van der Waals surface area contributed by atoms with Gasteiger partial charge in [0.25, 0.3) is 5.91 Å². The Balaban J connectivity index is 1.84. The number of hydrogen-bond acceptors (Lipinski definition) is 5. The number of amides is 1. The van der Waals surface area contributed by atoms with Gasteiger partial charge in [0.2, 0.25) is 0 Å². The summed E-state index contributed by atoms with van der Waals surface area (Å²) in [4.78, 5) is 32.4. The molecule has 2 fully saturated rings. The van der Waals surface area contributed by atoms with Crippen molar-refractivity contribution in [2.75, 3.05) is 33.4 Å². The highest BCUT2D eigenvalue weighted by atomic mass is 16.5. The minimum atomic E-state index is -1.03. The van der Waals surface area contributed by atoms with Gasteiger partial charge in [0.1, 0.15) is 5.69 Å². The molecule has 2 aliphatic heterocycles. The number of carbonyl (C=O) groups is 2. The van der Waals surface area contributed by atoms with Crippen molar-refractivity contribution in [3.8, 4) is 0 Å². The van der Waals surface area contributed by atoms with Crippen LogP contribution in [0.15, 0.2) is 12.1 Å². The van der Waals surface area contributed by atoms with E-state index in [1.54, 1.807) is 6.92 Å². The Hall–Kier alpha value is -1.99. The van der Waals surface area contributed by atoms with Crippen LogP contribution in [0.5, 0.6) is 0 Å². The highest BCUT2D eigenvalue weighted by molar-refractivity contribution is 5.94. The molecule has 0 bridgehead atoms. The predicted octanol–water partition coefficient (Wildman–Crippen LogP) is 1.02. The van der Waals surface area contributed by atoms with E-state index in [2.05, 4.69) is 16.9 Å². The van der Waals surface area contributed by atoms with E-state index in [0.717, 1.165) is 19.4 Å². The van der Waals surface area contributed by atoms with Crippen LogP contribution in [0.4, 0.5) is 0 Å². The fourth-order valence-electron chi connectivity index (χ4n) is 3.67. The maximum atomic E-state index is 12.9. The maximum absolute atomic E-state index is 12.9. The third-order valence-electron chi connectivity index (χ3n) is 4.98. The largest absolute Gasteiger partial charge is 0.478 e. The first kappa shape index (κ1) is 16.9. The number of carboxylic acids is 1. The number of likely N-dealkylation sites (N-methyl/N-ethyl adjacent to an activating group) is 1. The topological polar surface area (TPSA) is 83.0 Å². The van der Waals surface area contributed by atoms with Gasteiger partial charge in [0.05, 0.1) is 30.5 Å². The van der Waals surface area contributed by atoms with Gasteiger partial charge in [-0.1, -0.05) is 0 Å². The van der Waals surface area contributed by atoms with Crippen LogP contribution in [0.1, 0.15) is 39.4 Å². The standard InChI is InChI=1S/C17H23N3O4/c1-11-12(17(22)23)5-6-13(18-11)16(21)20-8-9-24-10-15(20)14-4-3-7-19(14)2/h5-6,14-15H,3-4,7-10H2,1-2H3,(H,22,23). The molecule has 7 heteroatoms. The van der Waals surface area contributed by atoms with Crippen LogP contribution in [0.25, 0.3) is 0 Å². The third-order valence-corrected chi connectivity index (χ3v) is 4.98. The molecule has 0 saturated carbocycles. The Morgan fingerprint density at radius 2 is 2.08 bits per heavy atom. The summed E-state index contributed by atoms with van der Waals surface area (Å²) in [6.07, 6.45) is 2.18. The van der Waals surface area contributed by atoms with Gasteiger partial charge in [0, 0.05) is 12.6 Å². The van der Waals surface area contributed by atoms with Gasteiger partial charge in [-0.2, -0.15) is 0 Å². The van der Waals surface area contributed by atoms with Crippen molar-refractivity contribution in [3.63, 3.8) is 0 Å². The molecular weight excluding hydrogens is 310 g/mol. The Kier molecular flexibility index (Phi) is 4.82. The highest BCUT2D eigenvalue weighted by Crippen LogP contribution is 2.25. The van der Waals surface area contributed by atoms with Gasteiger partial charge in [-0.3, -0.25) is 4.79 Å². The lowest BCUT2D eigenvalue weighted by molar-refractivity contribution is -0.0235. The summed E-state index contributed by atoms with van der Waals surface area (Å²) in [6.45, 7) is 4.24. The SMILES string of the molecule is Cc1nc(C(=O)N2CCOCC2C2CCCN2C)ccc1C(=O)O. The lowest BCUT2D eigenvalue weighted by Gasteiger charge is -2.41. The second-order valence-electron chi connectivity index (χ2n) is 6.47. The molecule has 1 aromatic heterocycles. The smallest absolute Gasteiger partial charge is 0.337 e. The van der Waals surface area contributed by atoms with Gasteiger partial charge in [-0.05, 0) is 45.5 Å². The molecule has 0 radical (unpaired) electrons. The first-order valence-electron chi connectivity index (χ1n) is 8.29. The molecule has 2 unspecified atom stereocenters. The number of carboxylic acid groups (broad SMARTS) is 1. The Labute approximate surface area is 141 Å². The summed E-state index contributed by atoms with van der Waals surface area (Å²) < 4.78 is 5.61. The van der Waals surface area contributed by atoms with Crippen molar-refractivity contribution in [1.82, 2.24) is 14.8 Å². The van der Waals surface area contributed by atoms with Gasteiger partial charge >= 0.3 is 5.97 Å². The minimum absolute atomic E-state index is 0.0139. The molecule has 1 N–H and O–H groups in total. The molecule has 130 valence electrons. The monoisotopic (exact) mass is 333 g/mol. The van der Waals surface area contributed by atoms with Crippen LogP contribution >= 0.6 is 0 Å². The fourth-order valence-corrected chi connectivity index (χ4v) is 3.67. The Bertz CT molecular complexity index is 649. The molecule has 0 spiro atoms. The van der Waals surface area contributed by atoms with Gasteiger partial charge < -0.3 is 19.6 Å². The number of aromatic carboxylic acids is 1. The molecule has 7 nitrogen and oxygen atoms in total. The molecule has 2 atom stereocenters. The molecule has 3 heterocycles. The number of aryl methyl sites for hydroxylation is 1. The average Bonchev–Trinajstić information content (AvgIpc) is 2.99. The van der Waals surface area contributed by atoms with Gasteiger partial charge in [0.15, 0.2) is 0 Å². The van der Waals surface area contributed by atoms with Crippen LogP contribution < -0.4 is 0 Å². The third kappa shape index (κ3) is 3.14. The fraction of sp³-hybridized carbons (Fsp3) is 0.588. The summed E-state index contributed by atoms with van der Waals surface area (Å²) in [5, 5.41) is 9.10. The zero-order chi connectivity index (χ0) is 17.3. The second-order valence-corrected chi connectivity index (χ2v) is 6.47. The van der Waals surface area contributed by atoms with Crippen molar-refractivity contribution in [2.45, 2.75) is 31.8 Å². The molecule has 2 saturated heterocycles. The summed E-state index contributed by atoms with van der Waals surface area (Å²) in [6, 6.07) is 3.27. The first-order chi connectivity index (χ1) is 11.5. The number of aromatic nitrogens is 1. The Morgan fingerprint density at radius 3 is 2.71 bits per heavy atom. The second kappa shape index (κ2) is 6.86. The number of likely N-dealkylation sites (tertiary alicyclic amines) is 1. The summed E-state index contributed by atoms with van der Waals surface area (Å²) in [5.74, 6) is -1.18. The number of pyridine rings is 1. The molecule has 1 amide bonds. The number of carbonyl (C=O) groups excluding carboxylic acids is 1. The van der Waals surface area contributed by atoms with Crippen molar-refractivity contribution in [1.29, 1.82) is 0 Å². The quantitative estimate of drug-likeness (QED) is 0.889. The van der Waals surface area contributed by atoms with E-state index in [9.17, 15) is 9.59 Å². The number of ether oxygens (including phenoxy) is 1. The number of rotatable bonds is 3. The van der Waals surface area contributed by atoms with Crippen LogP contribution in [0.3, 0.4) is 0 Å². The molecule has 24 heavy (non-hydrogen) atoms. The summed E-state index contributed by atoms with van der Waals surface area (Å²) in [7, 11) is 2.08. The first-order valence-corrected chi connectivity index (χ1v) is 8.29. The normalized spacial score (nSPS) is 25.0. The van der Waals surface area contributed by atoms with E-state index in [-0.39, 0.29) is 17.5 Å². The van der Waals surface area contributed by atoms with Gasteiger partial charge in [-0.25, -0.2) is 9.78 Å². The van der Waals surface area contributed by atoms with Crippen LogP contribution in [-0.4, -0.2) is 77.2 Å². The average molecular weight is 333 g/mol. The minimum Gasteiger partial charge on any atom is -0.478 e. The Morgan fingerprint density at radius 1 is 1.29 bits per heavy atom. The van der Waals surface area contributed by atoms with E-state index in [1.807, 2.05) is 4.90 Å². The van der Waals surface area contributed by atoms with Crippen LogP contribution in [-0.2, 0) is 4.74 Å². The van der Waals surface area contributed by atoms with Crippen molar-refractivity contribution >= 4 is 11.9 Å². The summed E-state index contributed by atoms with van der Waals surface area (Å²) in [5.41, 5.74) is 0.779. The molecule has 0 aromatic carbocycles. The van der Waals surface area contributed by atoms with Crippen LogP contribution in [0.2, 0.25) is 0 Å². The highest BCUT2D eigenvalue weighted by Gasteiger charge is 2.38. The molecule has 2 aliphatic rings. The van der Waals surface area contributed by atoms with Crippen molar-refractivity contribution in [3.05, 3.63) is 29.1 Å². The lowest BCUT2D eigenvalue weighted by Crippen LogP contribution is -2.56. The number of nitrogens with zero attached hydrogens (tertiary/aromatic N) is 3. The van der Waals surface area contributed by atoms with E-state index in [0.29, 0.717) is 37.2 Å². The van der Waals surface area contributed by atoms with E-state index >= 15 is 0 Å².